The van der Waals surface area contributed by atoms with E-state index in [1.807, 2.05) is 36.4 Å². The Morgan fingerprint density at radius 2 is 1.81 bits per heavy atom. The fraction of sp³-hybridized carbons (Fsp3) is 0.346. The normalized spacial score (nSPS) is 21.3. The number of aromatic nitrogens is 1. The Hall–Kier alpha value is -3.17. The summed E-state index contributed by atoms with van der Waals surface area (Å²) in [5.41, 5.74) is 2.82. The van der Waals surface area contributed by atoms with Crippen molar-refractivity contribution in [3.8, 4) is 6.07 Å². The van der Waals surface area contributed by atoms with Gasteiger partial charge in [0.25, 0.3) is 0 Å². The van der Waals surface area contributed by atoms with Crippen molar-refractivity contribution in [2.75, 3.05) is 31.1 Å². The average Bonchev–Trinajstić information content (AvgIpc) is 3.13. The molecular formula is C26H26N4OS. The lowest BCUT2D eigenvalue weighted by atomic mass is 9.82. The lowest BCUT2D eigenvalue weighted by Crippen LogP contribution is -2.41. The molecule has 0 N–H and O–H groups in total. The summed E-state index contributed by atoms with van der Waals surface area (Å²) in [5, 5.41) is 10.1. The number of rotatable bonds is 3. The molecule has 32 heavy (non-hydrogen) atoms. The Bertz CT molecular complexity index is 1140. The molecule has 162 valence electrons. The summed E-state index contributed by atoms with van der Waals surface area (Å²) in [6, 6.07) is 18.1. The number of amides is 1. The number of benzene rings is 2. The van der Waals surface area contributed by atoms with Crippen LogP contribution in [0.15, 0.2) is 60.7 Å². The Morgan fingerprint density at radius 3 is 2.62 bits per heavy atom. The van der Waals surface area contributed by atoms with E-state index in [1.165, 1.54) is 4.70 Å². The Balaban J connectivity index is 1.31. The smallest absolute Gasteiger partial charge is 0.226 e. The van der Waals surface area contributed by atoms with E-state index in [0.717, 1.165) is 61.7 Å². The zero-order valence-electron chi connectivity index (χ0n) is 18.0. The van der Waals surface area contributed by atoms with Crippen LogP contribution >= 0.6 is 11.3 Å². The van der Waals surface area contributed by atoms with Gasteiger partial charge in [-0.25, -0.2) is 4.98 Å². The number of allylic oxidation sites excluding steroid dienone is 2. The molecule has 0 saturated carbocycles. The molecule has 0 spiro atoms. The molecular weight excluding hydrogens is 416 g/mol. The summed E-state index contributed by atoms with van der Waals surface area (Å²) in [7, 11) is 0. The molecule has 1 amide bonds. The number of carbonyl (C=O) groups excluding carboxylic acids is 1. The van der Waals surface area contributed by atoms with E-state index in [1.54, 1.807) is 11.3 Å². The van der Waals surface area contributed by atoms with Crippen molar-refractivity contribution in [1.82, 2.24) is 9.88 Å². The number of para-hydroxylation sites is 1. The number of fused-ring (bicyclic) bond motifs is 1. The average molecular weight is 443 g/mol. The highest BCUT2D eigenvalue weighted by molar-refractivity contribution is 7.18. The zero-order chi connectivity index (χ0) is 21.9. The topological polar surface area (TPSA) is 60.2 Å². The second-order valence-electron chi connectivity index (χ2n) is 8.50. The third kappa shape index (κ3) is 4.13. The van der Waals surface area contributed by atoms with Crippen molar-refractivity contribution < 1.29 is 4.79 Å². The van der Waals surface area contributed by atoms with Gasteiger partial charge >= 0.3 is 0 Å². The molecule has 2 aliphatic rings. The monoisotopic (exact) mass is 442 g/mol. The van der Waals surface area contributed by atoms with Crippen LogP contribution in [0.3, 0.4) is 0 Å². The first-order chi connectivity index (χ1) is 15.7. The van der Waals surface area contributed by atoms with Crippen LogP contribution in [0, 0.1) is 17.2 Å². The van der Waals surface area contributed by atoms with Gasteiger partial charge < -0.3 is 9.80 Å². The highest BCUT2D eigenvalue weighted by Gasteiger charge is 2.35. The van der Waals surface area contributed by atoms with Gasteiger partial charge in [-0.2, -0.15) is 5.26 Å². The van der Waals surface area contributed by atoms with Crippen LogP contribution in [0.5, 0.6) is 0 Å². The molecule has 3 aromatic rings. The first-order valence-corrected chi connectivity index (χ1v) is 12.1. The molecule has 5 nitrogen and oxygen atoms in total. The van der Waals surface area contributed by atoms with E-state index in [-0.39, 0.29) is 17.7 Å². The zero-order valence-corrected chi connectivity index (χ0v) is 18.8. The summed E-state index contributed by atoms with van der Waals surface area (Å²) >= 11 is 1.73. The van der Waals surface area contributed by atoms with Crippen LogP contribution in [0.1, 0.15) is 35.8 Å². The summed E-state index contributed by atoms with van der Waals surface area (Å²) < 4.78 is 1.19. The van der Waals surface area contributed by atoms with Crippen LogP contribution in [-0.2, 0) is 4.79 Å². The maximum absolute atomic E-state index is 13.6. The standard InChI is InChI=1S/C26H26N4OS/c27-18-19-10-12-20(13-11-19)29-14-5-15-30(17-16-29)26(31)22-7-2-1-6-21(22)25-28-23-8-3-4-9-24(23)32-25/h1-4,8-13,21-22H,5-7,14-17H2. The van der Waals surface area contributed by atoms with E-state index in [0.29, 0.717) is 5.56 Å². The number of anilines is 1. The minimum Gasteiger partial charge on any atom is -0.370 e. The maximum Gasteiger partial charge on any atom is 0.226 e. The SMILES string of the molecule is N#Cc1ccc(N2CCCN(C(=O)C3CC=CCC3c3nc4ccccc4s3)CC2)cc1. The fourth-order valence-electron chi connectivity index (χ4n) is 4.79. The second kappa shape index (κ2) is 9.13. The number of nitriles is 1. The Labute approximate surface area is 192 Å². The largest absolute Gasteiger partial charge is 0.370 e. The molecule has 1 aliphatic heterocycles. The van der Waals surface area contributed by atoms with Crippen molar-refractivity contribution in [3.63, 3.8) is 0 Å². The van der Waals surface area contributed by atoms with Gasteiger partial charge in [0.1, 0.15) is 0 Å². The Kier molecular flexibility index (Phi) is 5.91. The molecule has 0 bridgehead atoms. The molecule has 1 saturated heterocycles. The third-order valence-corrected chi connectivity index (χ3v) is 7.71. The van der Waals surface area contributed by atoms with E-state index >= 15 is 0 Å². The molecule has 6 heteroatoms. The van der Waals surface area contributed by atoms with Crippen LogP contribution in [0.4, 0.5) is 5.69 Å². The molecule has 5 rings (SSSR count). The molecule has 2 heterocycles. The van der Waals surface area contributed by atoms with Crippen LogP contribution < -0.4 is 4.90 Å². The molecule has 1 fully saturated rings. The first kappa shape index (κ1) is 20.7. The predicted octanol–water partition coefficient (Wildman–Crippen LogP) is 4.96. The van der Waals surface area contributed by atoms with Gasteiger partial charge in [0.05, 0.1) is 32.8 Å². The highest BCUT2D eigenvalue weighted by Crippen LogP contribution is 2.39. The minimum atomic E-state index is -0.0398. The summed E-state index contributed by atoms with van der Waals surface area (Å²) in [4.78, 5) is 22.9. The highest BCUT2D eigenvalue weighted by atomic mass is 32.1. The molecule has 1 aliphatic carbocycles. The Morgan fingerprint density at radius 1 is 1.00 bits per heavy atom. The van der Waals surface area contributed by atoms with Crippen molar-refractivity contribution in [2.24, 2.45) is 5.92 Å². The van der Waals surface area contributed by atoms with E-state index in [4.69, 9.17) is 10.2 Å². The molecule has 1 aromatic heterocycles. The van der Waals surface area contributed by atoms with Gasteiger partial charge in [-0.15, -0.1) is 11.3 Å². The summed E-state index contributed by atoms with van der Waals surface area (Å²) in [6.07, 6.45) is 6.97. The van der Waals surface area contributed by atoms with Gasteiger partial charge in [-0.3, -0.25) is 4.79 Å². The third-order valence-electron chi connectivity index (χ3n) is 6.55. The molecule has 2 unspecified atom stereocenters. The first-order valence-electron chi connectivity index (χ1n) is 11.3. The van der Waals surface area contributed by atoms with Crippen molar-refractivity contribution in [2.45, 2.75) is 25.2 Å². The predicted molar refractivity (Wildman–Crippen MR) is 129 cm³/mol. The van der Waals surface area contributed by atoms with Gasteiger partial charge in [0.15, 0.2) is 0 Å². The lowest BCUT2D eigenvalue weighted by Gasteiger charge is -2.31. The minimum absolute atomic E-state index is 0.0398. The quantitative estimate of drug-likeness (QED) is 0.538. The summed E-state index contributed by atoms with van der Waals surface area (Å²) in [5.74, 6) is 0.380. The molecule has 2 atom stereocenters. The van der Waals surface area contributed by atoms with Crippen LogP contribution in [0.2, 0.25) is 0 Å². The molecule has 0 radical (unpaired) electrons. The van der Waals surface area contributed by atoms with Crippen molar-refractivity contribution >= 4 is 33.1 Å². The fourth-order valence-corrected chi connectivity index (χ4v) is 5.93. The van der Waals surface area contributed by atoms with Gasteiger partial charge in [0.2, 0.25) is 5.91 Å². The van der Waals surface area contributed by atoms with E-state index in [2.05, 4.69) is 40.2 Å². The van der Waals surface area contributed by atoms with Crippen molar-refractivity contribution in [3.05, 3.63) is 71.3 Å². The van der Waals surface area contributed by atoms with Crippen molar-refractivity contribution in [1.29, 1.82) is 5.26 Å². The van der Waals surface area contributed by atoms with E-state index in [9.17, 15) is 4.79 Å². The number of hydrogen-bond donors (Lipinski definition) is 0. The summed E-state index contributed by atoms with van der Waals surface area (Å²) in [6.45, 7) is 3.25. The molecule has 2 aromatic carbocycles. The maximum atomic E-state index is 13.6. The van der Waals surface area contributed by atoms with Gasteiger partial charge in [-0.1, -0.05) is 24.3 Å². The van der Waals surface area contributed by atoms with E-state index < -0.39 is 0 Å². The number of nitrogens with zero attached hydrogens (tertiary/aromatic N) is 4. The van der Waals surface area contributed by atoms with Crippen LogP contribution in [-0.4, -0.2) is 42.0 Å². The second-order valence-corrected chi connectivity index (χ2v) is 9.56. The van der Waals surface area contributed by atoms with Crippen LogP contribution in [0.25, 0.3) is 10.2 Å². The number of carbonyl (C=O) groups is 1. The number of hydrogen-bond acceptors (Lipinski definition) is 5. The van der Waals surface area contributed by atoms with Gasteiger partial charge in [-0.05, 0) is 55.7 Å². The van der Waals surface area contributed by atoms with Gasteiger partial charge in [0, 0.05) is 37.8 Å². The lowest BCUT2D eigenvalue weighted by molar-refractivity contribution is -0.136. The number of thiazole rings is 1.